The van der Waals surface area contributed by atoms with E-state index in [0.717, 1.165) is 22.4 Å². The summed E-state index contributed by atoms with van der Waals surface area (Å²) in [5, 5.41) is 13.5. The topological polar surface area (TPSA) is 116 Å². The zero-order chi connectivity index (χ0) is 22.9. The zero-order valence-electron chi connectivity index (χ0n) is 17.4. The van der Waals surface area contributed by atoms with Crippen molar-refractivity contribution < 1.29 is 24.3 Å². The number of aliphatic carboxylic acids is 1. The first-order valence-corrected chi connectivity index (χ1v) is 10.2. The van der Waals surface area contributed by atoms with E-state index in [0.29, 0.717) is 6.54 Å². The molecule has 0 radical (unpaired) electrons. The summed E-state index contributed by atoms with van der Waals surface area (Å²) < 4.78 is 0. The Morgan fingerprint density at radius 1 is 0.844 bits per heavy atom. The lowest BCUT2D eigenvalue weighted by Gasteiger charge is -2.26. The molecule has 0 fully saturated rings. The molecule has 3 N–H and O–H groups in total. The lowest BCUT2D eigenvalue weighted by atomic mass is 10.0. The maximum absolute atomic E-state index is 13.0. The van der Waals surface area contributed by atoms with Gasteiger partial charge in [-0.25, -0.2) is 0 Å². The Bertz CT molecular complexity index is 1100. The van der Waals surface area contributed by atoms with E-state index in [1.807, 2.05) is 48.5 Å². The molecule has 8 nitrogen and oxygen atoms in total. The molecule has 0 spiro atoms. The van der Waals surface area contributed by atoms with Gasteiger partial charge in [0.15, 0.2) is 0 Å². The maximum Gasteiger partial charge on any atom is 0.303 e. The standard InChI is InChI=1S/C24H23N3O5/c28-21(11-12-24(31)32)26-15-22(29)25-14-13-23(30)27-16-19-7-2-1-5-17(19)9-10-18-6-3-4-8-20(18)27/h1-8H,11-16H2,(H,25,29)(H,26,28)(H,31,32). The fourth-order valence-electron chi connectivity index (χ4n) is 3.20. The Morgan fingerprint density at radius 3 is 2.31 bits per heavy atom. The smallest absolute Gasteiger partial charge is 0.303 e. The van der Waals surface area contributed by atoms with Crippen LogP contribution >= 0.6 is 0 Å². The summed E-state index contributed by atoms with van der Waals surface area (Å²) in [7, 11) is 0. The van der Waals surface area contributed by atoms with Crippen molar-refractivity contribution in [1.29, 1.82) is 0 Å². The van der Waals surface area contributed by atoms with Gasteiger partial charge in [0.2, 0.25) is 17.7 Å². The number of nitrogens with zero attached hydrogens (tertiary/aromatic N) is 1. The van der Waals surface area contributed by atoms with Gasteiger partial charge in [0.1, 0.15) is 0 Å². The number of carboxylic acids is 1. The molecule has 164 valence electrons. The van der Waals surface area contributed by atoms with Gasteiger partial charge in [0.05, 0.1) is 25.2 Å². The van der Waals surface area contributed by atoms with Crippen molar-refractivity contribution in [2.75, 3.05) is 18.0 Å². The van der Waals surface area contributed by atoms with Crippen LogP contribution in [-0.2, 0) is 25.7 Å². The van der Waals surface area contributed by atoms with Gasteiger partial charge in [0.25, 0.3) is 0 Å². The lowest BCUT2D eigenvalue weighted by Crippen LogP contribution is -2.39. The van der Waals surface area contributed by atoms with Gasteiger partial charge >= 0.3 is 5.97 Å². The van der Waals surface area contributed by atoms with Gasteiger partial charge < -0.3 is 20.6 Å². The first-order valence-electron chi connectivity index (χ1n) is 10.2. The van der Waals surface area contributed by atoms with Crippen LogP contribution in [0.15, 0.2) is 48.5 Å². The highest BCUT2D eigenvalue weighted by Crippen LogP contribution is 2.25. The van der Waals surface area contributed by atoms with Crippen molar-refractivity contribution in [2.24, 2.45) is 0 Å². The van der Waals surface area contributed by atoms with Crippen molar-refractivity contribution in [2.45, 2.75) is 25.8 Å². The number of hydrogen-bond acceptors (Lipinski definition) is 4. The third-order valence-corrected chi connectivity index (χ3v) is 4.85. The molecule has 0 saturated carbocycles. The van der Waals surface area contributed by atoms with Crippen LogP contribution in [0.25, 0.3) is 0 Å². The molecule has 2 aromatic rings. The second kappa shape index (κ2) is 10.8. The molecule has 2 aromatic carbocycles. The molecular formula is C24H23N3O5. The van der Waals surface area contributed by atoms with E-state index < -0.39 is 17.8 Å². The van der Waals surface area contributed by atoms with E-state index in [-0.39, 0.29) is 38.3 Å². The van der Waals surface area contributed by atoms with Crippen molar-refractivity contribution in [3.8, 4) is 11.8 Å². The van der Waals surface area contributed by atoms with Crippen LogP contribution < -0.4 is 15.5 Å². The third-order valence-electron chi connectivity index (χ3n) is 4.85. The predicted octanol–water partition coefficient (Wildman–Crippen LogP) is 1.42. The largest absolute Gasteiger partial charge is 0.481 e. The molecule has 32 heavy (non-hydrogen) atoms. The quantitative estimate of drug-likeness (QED) is 0.545. The summed E-state index contributed by atoms with van der Waals surface area (Å²) in [6, 6.07) is 15.1. The number of amides is 3. The van der Waals surface area contributed by atoms with Crippen LogP contribution in [0.5, 0.6) is 0 Å². The average molecular weight is 433 g/mol. The van der Waals surface area contributed by atoms with Crippen LogP contribution in [0.4, 0.5) is 5.69 Å². The molecule has 0 atom stereocenters. The summed E-state index contributed by atoms with van der Waals surface area (Å²) in [5.41, 5.74) is 3.28. The molecule has 1 aliphatic rings. The second-order valence-corrected chi connectivity index (χ2v) is 7.17. The number of anilines is 1. The normalized spacial score (nSPS) is 11.6. The van der Waals surface area contributed by atoms with Crippen LogP contribution in [0.2, 0.25) is 0 Å². The van der Waals surface area contributed by atoms with Crippen molar-refractivity contribution >= 4 is 29.4 Å². The molecule has 3 amide bonds. The predicted molar refractivity (Wildman–Crippen MR) is 118 cm³/mol. The molecule has 0 unspecified atom stereocenters. The SMILES string of the molecule is O=C(O)CCC(=O)NCC(=O)NCCC(=O)N1Cc2ccccc2C#Cc2ccccc21. The summed E-state index contributed by atoms with van der Waals surface area (Å²) in [6.45, 7) is 0.199. The highest BCUT2D eigenvalue weighted by molar-refractivity contribution is 5.95. The Kier molecular flexibility index (Phi) is 7.60. The average Bonchev–Trinajstić information content (AvgIpc) is 2.77. The lowest BCUT2D eigenvalue weighted by molar-refractivity contribution is -0.138. The van der Waals surface area contributed by atoms with E-state index in [1.165, 1.54) is 0 Å². The van der Waals surface area contributed by atoms with Crippen molar-refractivity contribution in [3.05, 3.63) is 65.2 Å². The fraction of sp³-hybridized carbons (Fsp3) is 0.250. The molecular weight excluding hydrogens is 410 g/mol. The molecule has 8 heteroatoms. The van der Waals surface area contributed by atoms with E-state index in [1.54, 1.807) is 4.90 Å². The van der Waals surface area contributed by atoms with Gasteiger partial charge in [-0.3, -0.25) is 19.2 Å². The Balaban J connectivity index is 1.58. The van der Waals surface area contributed by atoms with Gasteiger partial charge in [-0.1, -0.05) is 42.2 Å². The Morgan fingerprint density at radius 2 is 1.53 bits per heavy atom. The van der Waals surface area contributed by atoms with Gasteiger partial charge in [-0.05, 0) is 23.8 Å². The molecule has 0 saturated heterocycles. The summed E-state index contributed by atoms with van der Waals surface area (Å²) in [6.07, 6.45) is -0.421. The van der Waals surface area contributed by atoms with E-state index >= 15 is 0 Å². The molecule has 0 aliphatic carbocycles. The highest BCUT2D eigenvalue weighted by atomic mass is 16.4. The first kappa shape index (κ1) is 22.6. The van der Waals surface area contributed by atoms with Crippen LogP contribution in [-0.4, -0.2) is 41.9 Å². The number of carbonyl (C=O) groups is 4. The zero-order valence-corrected chi connectivity index (χ0v) is 17.4. The van der Waals surface area contributed by atoms with Gasteiger partial charge in [0, 0.05) is 30.5 Å². The minimum Gasteiger partial charge on any atom is -0.481 e. The number of rotatable bonds is 8. The van der Waals surface area contributed by atoms with Crippen molar-refractivity contribution in [3.63, 3.8) is 0 Å². The van der Waals surface area contributed by atoms with Crippen LogP contribution in [0.1, 0.15) is 36.0 Å². The second-order valence-electron chi connectivity index (χ2n) is 7.17. The monoisotopic (exact) mass is 433 g/mol. The Hall–Kier alpha value is -4.12. The van der Waals surface area contributed by atoms with E-state index in [2.05, 4.69) is 22.5 Å². The van der Waals surface area contributed by atoms with Crippen LogP contribution in [0.3, 0.4) is 0 Å². The molecule has 1 aliphatic heterocycles. The maximum atomic E-state index is 13.0. The van der Waals surface area contributed by atoms with Gasteiger partial charge in [-0.2, -0.15) is 0 Å². The minimum atomic E-state index is -1.08. The fourth-order valence-corrected chi connectivity index (χ4v) is 3.20. The number of benzene rings is 2. The molecule has 3 rings (SSSR count). The minimum absolute atomic E-state index is 0.0721. The Labute approximate surface area is 185 Å². The summed E-state index contributed by atoms with van der Waals surface area (Å²) >= 11 is 0. The number of carboxylic acid groups (broad SMARTS) is 1. The van der Waals surface area contributed by atoms with Crippen molar-refractivity contribution in [1.82, 2.24) is 10.6 Å². The highest BCUT2D eigenvalue weighted by Gasteiger charge is 2.21. The molecule has 0 aromatic heterocycles. The number of carbonyl (C=O) groups excluding carboxylic acids is 3. The summed E-state index contributed by atoms with van der Waals surface area (Å²) in [5.74, 6) is 4.08. The van der Waals surface area contributed by atoms with E-state index in [4.69, 9.17) is 5.11 Å². The summed E-state index contributed by atoms with van der Waals surface area (Å²) in [4.78, 5) is 48.6. The molecule has 0 bridgehead atoms. The number of hydrogen-bond donors (Lipinski definition) is 3. The first-order chi connectivity index (χ1) is 15.4. The number of nitrogens with one attached hydrogen (secondary N) is 2. The number of para-hydroxylation sites is 1. The van der Waals surface area contributed by atoms with E-state index in [9.17, 15) is 19.2 Å². The third kappa shape index (κ3) is 6.19. The number of fused-ring (bicyclic) bond motifs is 2. The van der Waals surface area contributed by atoms with Crippen LogP contribution in [0, 0.1) is 11.8 Å². The molecule has 1 heterocycles. The van der Waals surface area contributed by atoms with Gasteiger partial charge in [-0.15, -0.1) is 0 Å².